The van der Waals surface area contributed by atoms with Crippen LogP contribution in [0.5, 0.6) is 23.0 Å². The fourth-order valence-corrected chi connectivity index (χ4v) is 2.69. The van der Waals surface area contributed by atoms with E-state index < -0.39 is 11.5 Å². The summed E-state index contributed by atoms with van der Waals surface area (Å²) in [6, 6.07) is 5.08. The molecule has 1 aromatic carbocycles. The van der Waals surface area contributed by atoms with Crippen molar-refractivity contribution in [2.24, 2.45) is 0 Å². The monoisotopic (exact) mass is 319 g/mol. The molecule has 0 unspecified atom stereocenters. The average molecular weight is 319 g/mol. The predicted octanol–water partition coefficient (Wildman–Crippen LogP) is 2.50. The number of aromatic hydroxyl groups is 2. The van der Waals surface area contributed by atoms with Crippen LogP contribution in [0.4, 0.5) is 5.88 Å². The quantitative estimate of drug-likeness (QED) is 0.899. The van der Waals surface area contributed by atoms with E-state index in [0.717, 1.165) is 0 Å². The summed E-state index contributed by atoms with van der Waals surface area (Å²) >= 11 is 0. The van der Waals surface area contributed by atoms with E-state index in [9.17, 15) is 15.0 Å². The van der Waals surface area contributed by atoms with Gasteiger partial charge in [-0.25, -0.2) is 0 Å². The second kappa shape index (κ2) is 5.75. The van der Waals surface area contributed by atoms with Gasteiger partial charge in [0.1, 0.15) is 17.1 Å². The molecule has 3 rings (SSSR count). The van der Waals surface area contributed by atoms with Crippen molar-refractivity contribution in [3.63, 3.8) is 0 Å². The first-order valence-electron chi connectivity index (χ1n) is 7.15. The standard InChI is InChI=1S/C16H17NO6/c1-21-9-5-3-6-10(22-2)12(9)15-13(19)14(20)16(23-15)17-8-4-7-11(17)18/h3,5-6,19-20H,4,7-8H2,1-2H3. The van der Waals surface area contributed by atoms with Crippen LogP contribution in [0.2, 0.25) is 0 Å². The average Bonchev–Trinajstić information content (AvgIpc) is 3.11. The van der Waals surface area contributed by atoms with Gasteiger partial charge in [-0.2, -0.15) is 0 Å². The Balaban J connectivity index is 2.17. The largest absolute Gasteiger partial charge is 0.502 e. The van der Waals surface area contributed by atoms with Crippen LogP contribution in [0.25, 0.3) is 11.3 Å². The van der Waals surface area contributed by atoms with Crippen LogP contribution in [0.15, 0.2) is 22.6 Å². The number of furan rings is 1. The minimum absolute atomic E-state index is 0.00787. The molecule has 1 fully saturated rings. The van der Waals surface area contributed by atoms with Crippen molar-refractivity contribution in [3.05, 3.63) is 18.2 Å². The molecule has 122 valence electrons. The molecule has 7 heteroatoms. The topological polar surface area (TPSA) is 92.4 Å². The van der Waals surface area contributed by atoms with Gasteiger partial charge >= 0.3 is 0 Å². The number of anilines is 1. The number of methoxy groups -OCH3 is 2. The van der Waals surface area contributed by atoms with Crippen molar-refractivity contribution in [1.82, 2.24) is 0 Å². The van der Waals surface area contributed by atoms with Gasteiger partial charge in [-0.05, 0) is 18.6 Å². The number of carbonyl (C=O) groups is 1. The van der Waals surface area contributed by atoms with Gasteiger partial charge in [-0.1, -0.05) is 6.07 Å². The maximum absolute atomic E-state index is 11.9. The highest BCUT2D eigenvalue weighted by atomic mass is 16.5. The SMILES string of the molecule is COc1cccc(OC)c1-c1oc(N2CCCC2=O)c(O)c1O. The van der Waals surface area contributed by atoms with Crippen molar-refractivity contribution < 1.29 is 28.9 Å². The zero-order valence-electron chi connectivity index (χ0n) is 12.8. The van der Waals surface area contributed by atoms with Crippen molar-refractivity contribution in [1.29, 1.82) is 0 Å². The summed E-state index contributed by atoms with van der Waals surface area (Å²) < 4.78 is 16.2. The van der Waals surface area contributed by atoms with E-state index >= 15 is 0 Å². The Bertz CT molecular complexity index is 729. The Kier molecular flexibility index (Phi) is 3.77. The molecule has 0 spiro atoms. The van der Waals surface area contributed by atoms with Crippen LogP contribution in [-0.4, -0.2) is 36.9 Å². The fourth-order valence-electron chi connectivity index (χ4n) is 2.69. The molecule has 7 nitrogen and oxygen atoms in total. The molecule has 0 aliphatic carbocycles. The molecule has 0 atom stereocenters. The van der Waals surface area contributed by atoms with Crippen LogP contribution in [0.3, 0.4) is 0 Å². The predicted molar refractivity (Wildman–Crippen MR) is 82.2 cm³/mol. The van der Waals surface area contributed by atoms with E-state index in [1.54, 1.807) is 18.2 Å². The summed E-state index contributed by atoms with van der Waals surface area (Å²) in [5, 5.41) is 20.4. The molecule has 1 aliphatic heterocycles. The lowest BCUT2D eigenvalue weighted by Crippen LogP contribution is -2.23. The first kappa shape index (κ1) is 15.1. The van der Waals surface area contributed by atoms with Crippen molar-refractivity contribution in [3.8, 4) is 34.3 Å². The Morgan fingerprint density at radius 2 is 1.78 bits per heavy atom. The van der Waals surface area contributed by atoms with E-state index in [-0.39, 0.29) is 17.6 Å². The summed E-state index contributed by atoms with van der Waals surface area (Å²) in [4.78, 5) is 13.2. The van der Waals surface area contributed by atoms with E-state index in [1.165, 1.54) is 19.1 Å². The minimum Gasteiger partial charge on any atom is -0.502 e. The van der Waals surface area contributed by atoms with E-state index in [2.05, 4.69) is 0 Å². The van der Waals surface area contributed by atoms with Gasteiger partial charge in [0.25, 0.3) is 0 Å². The molecule has 23 heavy (non-hydrogen) atoms. The lowest BCUT2D eigenvalue weighted by Gasteiger charge is -2.12. The summed E-state index contributed by atoms with van der Waals surface area (Å²) in [6.07, 6.45) is 1.06. The van der Waals surface area contributed by atoms with Crippen molar-refractivity contribution in [2.75, 3.05) is 25.7 Å². The molecule has 2 heterocycles. The Labute approximate surface area is 132 Å². The first-order chi connectivity index (χ1) is 11.1. The van der Waals surface area contributed by atoms with Crippen LogP contribution < -0.4 is 14.4 Å². The lowest BCUT2D eigenvalue weighted by molar-refractivity contribution is -0.117. The van der Waals surface area contributed by atoms with E-state index in [0.29, 0.717) is 36.4 Å². The Hall–Kier alpha value is -2.83. The number of benzene rings is 1. The molecule has 1 saturated heterocycles. The highest BCUT2D eigenvalue weighted by Gasteiger charge is 2.33. The maximum Gasteiger partial charge on any atom is 0.249 e. The van der Waals surface area contributed by atoms with E-state index in [1.807, 2.05) is 0 Å². The highest BCUT2D eigenvalue weighted by Crippen LogP contribution is 2.52. The third-order valence-corrected chi connectivity index (χ3v) is 3.81. The van der Waals surface area contributed by atoms with Gasteiger partial charge in [-0.3, -0.25) is 9.69 Å². The molecule has 1 aliphatic rings. The van der Waals surface area contributed by atoms with Crippen molar-refractivity contribution in [2.45, 2.75) is 12.8 Å². The number of hydrogen-bond donors (Lipinski definition) is 2. The molecule has 0 radical (unpaired) electrons. The molecular formula is C16H17NO6. The number of carbonyl (C=O) groups excluding carboxylic acids is 1. The fraction of sp³-hybridized carbons (Fsp3) is 0.312. The Morgan fingerprint density at radius 1 is 1.13 bits per heavy atom. The zero-order valence-corrected chi connectivity index (χ0v) is 12.8. The summed E-state index contributed by atoms with van der Waals surface area (Å²) in [7, 11) is 2.95. The van der Waals surface area contributed by atoms with Crippen LogP contribution in [-0.2, 0) is 4.79 Å². The van der Waals surface area contributed by atoms with Gasteiger partial charge in [0.05, 0.1) is 14.2 Å². The number of ether oxygens (including phenoxy) is 2. The lowest BCUT2D eigenvalue weighted by atomic mass is 10.1. The molecule has 0 bridgehead atoms. The van der Waals surface area contributed by atoms with Gasteiger partial charge < -0.3 is 24.1 Å². The number of hydrogen-bond acceptors (Lipinski definition) is 6. The smallest absolute Gasteiger partial charge is 0.249 e. The summed E-state index contributed by atoms with van der Waals surface area (Å²) in [6.45, 7) is 0.432. The van der Waals surface area contributed by atoms with Gasteiger partial charge in [-0.15, -0.1) is 0 Å². The number of nitrogens with zero attached hydrogens (tertiary/aromatic N) is 1. The van der Waals surface area contributed by atoms with E-state index in [4.69, 9.17) is 13.9 Å². The van der Waals surface area contributed by atoms with Crippen LogP contribution in [0, 0.1) is 0 Å². The van der Waals surface area contributed by atoms with Crippen LogP contribution in [0.1, 0.15) is 12.8 Å². The molecule has 1 amide bonds. The van der Waals surface area contributed by atoms with Gasteiger partial charge in [0.2, 0.25) is 23.3 Å². The first-order valence-corrected chi connectivity index (χ1v) is 7.15. The second-order valence-corrected chi connectivity index (χ2v) is 5.12. The minimum atomic E-state index is -0.469. The number of amides is 1. The molecular weight excluding hydrogens is 302 g/mol. The molecule has 0 saturated carbocycles. The summed E-state index contributed by atoms with van der Waals surface area (Å²) in [5.74, 6) is -0.335. The molecule has 2 aromatic rings. The third-order valence-electron chi connectivity index (χ3n) is 3.81. The Morgan fingerprint density at radius 3 is 2.30 bits per heavy atom. The summed E-state index contributed by atoms with van der Waals surface area (Å²) in [5.41, 5.74) is 0.364. The molecule has 2 N–H and O–H groups in total. The van der Waals surface area contributed by atoms with Crippen molar-refractivity contribution >= 4 is 11.8 Å². The second-order valence-electron chi connectivity index (χ2n) is 5.12. The maximum atomic E-state index is 11.9. The highest BCUT2D eigenvalue weighted by molar-refractivity contribution is 5.96. The van der Waals surface area contributed by atoms with Crippen LogP contribution >= 0.6 is 0 Å². The third kappa shape index (κ3) is 2.34. The molecule has 1 aromatic heterocycles. The number of rotatable bonds is 4. The normalized spacial score (nSPS) is 14.3. The van der Waals surface area contributed by atoms with Gasteiger partial charge in [0.15, 0.2) is 5.76 Å². The van der Waals surface area contributed by atoms with Gasteiger partial charge in [0, 0.05) is 13.0 Å². The zero-order chi connectivity index (χ0) is 16.6.